The van der Waals surface area contributed by atoms with Crippen LogP contribution in [0.2, 0.25) is 0 Å². The standard InChI is InChI=1S/C16H21BrFN/c17-15-10-14(18)5-4-13(15)11-19-9-8-16(12-19)6-2-1-3-7-16/h4-5,10H,1-3,6-9,11-12H2. The van der Waals surface area contributed by atoms with Crippen LogP contribution in [0.1, 0.15) is 44.1 Å². The molecule has 2 fully saturated rings. The van der Waals surface area contributed by atoms with E-state index in [1.165, 1.54) is 57.2 Å². The highest BCUT2D eigenvalue weighted by Gasteiger charge is 2.38. The van der Waals surface area contributed by atoms with Crippen LogP contribution in [-0.4, -0.2) is 18.0 Å². The molecule has 0 unspecified atom stereocenters. The monoisotopic (exact) mass is 325 g/mol. The van der Waals surface area contributed by atoms with Crippen LogP contribution in [0.5, 0.6) is 0 Å². The molecular weight excluding hydrogens is 305 g/mol. The van der Waals surface area contributed by atoms with Gasteiger partial charge in [-0.1, -0.05) is 41.3 Å². The molecule has 1 aromatic carbocycles. The van der Waals surface area contributed by atoms with Gasteiger partial charge in [-0.05, 0) is 48.9 Å². The summed E-state index contributed by atoms with van der Waals surface area (Å²) in [7, 11) is 0. The SMILES string of the molecule is Fc1ccc(CN2CCC3(CCCCC3)C2)c(Br)c1. The summed E-state index contributed by atoms with van der Waals surface area (Å²) in [4.78, 5) is 2.54. The van der Waals surface area contributed by atoms with Gasteiger partial charge in [-0.2, -0.15) is 0 Å². The lowest BCUT2D eigenvalue weighted by Gasteiger charge is -2.33. The third-order valence-corrected chi connectivity index (χ3v) is 5.58. The predicted octanol–water partition coefficient (Wildman–Crippen LogP) is 4.74. The van der Waals surface area contributed by atoms with Crippen molar-refractivity contribution in [2.75, 3.05) is 13.1 Å². The summed E-state index contributed by atoms with van der Waals surface area (Å²) in [5.41, 5.74) is 1.80. The van der Waals surface area contributed by atoms with E-state index in [4.69, 9.17) is 0 Å². The van der Waals surface area contributed by atoms with Crippen LogP contribution in [0.15, 0.2) is 22.7 Å². The predicted molar refractivity (Wildman–Crippen MR) is 79.5 cm³/mol. The Morgan fingerprint density at radius 3 is 2.68 bits per heavy atom. The van der Waals surface area contributed by atoms with E-state index in [2.05, 4.69) is 20.8 Å². The maximum absolute atomic E-state index is 13.1. The summed E-state index contributed by atoms with van der Waals surface area (Å²) in [6.45, 7) is 3.38. The zero-order valence-electron chi connectivity index (χ0n) is 11.3. The molecule has 0 aromatic heterocycles. The second kappa shape index (κ2) is 5.53. The van der Waals surface area contributed by atoms with Crippen molar-refractivity contribution in [3.8, 4) is 0 Å². The summed E-state index contributed by atoms with van der Waals surface area (Å²) in [6, 6.07) is 5.04. The first kappa shape index (κ1) is 13.6. The van der Waals surface area contributed by atoms with E-state index in [0.29, 0.717) is 5.41 Å². The number of halogens is 2. The summed E-state index contributed by atoms with van der Waals surface area (Å²) >= 11 is 3.48. The highest BCUT2D eigenvalue weighted by atomic mass is 79.9. The molecule has 0 radical (unpaired) electrons. The fraction of sp³-hybridized carbons (Fsp3) is 0.625. The average Bonchev–Trinajstić information content (AvgIpc) is 2.77. The molecule has 0 bridgehead atoms. The first-order valence-corrected chi connectivity index (χ1v) is 8.13. The largest absolute Gasteiger partial charge is 0.298 e. The molecule has 3 heteroatoms. The van der Waals surface area contributed by atoms with E-state index in [0.717, 1.165) is 11.0 Å². The molecule has 104 valence electrons. The van der Waals surface area contributed by atoms with Gasteiger partial charge in [-0.3, -0.25) is 4.90 Å². The lowest BCUT2D eigenvalue weighted by Crippen LogP contribution is -2.29. The molecule has 1 nitrogen and oxygen atoms in total. The minimum atomic E-state index is -0.166. The van der Waals surface area contributed by atoms with Gasteiger partial charge in [0.05, 0.1) is 0 Å². The summed E-state index contributed by atoms with van der Waals surface area (Å²) < 4.78 is 14.0. The molecule has 0 amide bonds. The van der Waals surface area contributed by atoms with Gasteiger partial charge in [0, 0.05) is 17.6 Å². The number of benzene rings is 1. The normalized spacial score (nSPS) is 23.1. The Bertz CT molecular complexity index is 454. The first-order valence-electron chi connectivity index (χ1n) is 7.33. The Labute approximate surface area is 123 Å². The van der Waals surface area contributed by atoms with Crippen LogP contribution >= 0.6 is 15.9 Å². The van der Waals surface area contributed by atoms with Gasteiger partial charge in [0.15, 0.2) is 0 Å². The zero-order valence-corrected chi connectivity index (χ0v) is 12.9. The van der Waals surface area contributed by atoms with Crippen molar-refractivity contribution in [2.45, 2.75) is 45.1 Å². The van der Waals surface area contributed by atoms with Crippen molar-refractivity contribution in [3.63, 3.8) is 0 Å². The minimum Gasteiger partial charge on any atom is -0.298 e. The van der Waals surface area contributed by atoms with E-state index in [1.807, 2.05) is 6.07 Å². The van der Waals surface area contributed by atoms with Gasteiger partial charge < -0.3 is 0 Å². The highest BCUT2D eigenvalue weighted by Crippen LogP contribution is 2.44. The molecule has 1 heterocycles. The van der Waals surface area contributed by atoms with Crippen LogP contribution < -0.4 is 0 Å². The maximum atomic E-state index is 13.1. The molecule has 1 spiro atoms. The van der Waals surface area contributed by atoms with E-state index < -0.39 is 0 Å². The zero-order chi connectivity index (χ0) is 13.3. The second-order valence-corrected chi connectivity index (χ2v) is 7.11. The van der Waals surface area contributed by atoms with Crippen molar-refractivity contribution in [2.24, 2.45) is 5.41 Å². The number of likely N-dealkylation sites (tertiary alicyclic amines) is 1. The molecule has 1 saturated carbocycles. The van der Waals surface area contributed by atoms with E-state index in [9.17, 15) is 4.39 Å². The van der Waals surface area contributed by atoms with E-state index in [1.54, 1.807) is 12.1 Å². The van der Waals surface area contributed by atoms with Crippen molar-refractivity contribution < 1.29 is 4.39 Å². The van der Waals surface area contributed by atoms with E-state index in [-0.39, 0.29) is 5.82 Å². The fourth-order valence-corrected chi connectivity index (χ4v) is 4.24. The Kier molecular flexibility index (Phi) is 3.95. The van der Waals surface area contributed by atoms with E-state index >= 15 is 0 Å². The maximum Gasteiger partial charge on any atom is 0.124 e. The molecule has 1 aromatic rings. The molecular formula is C16H21BrFN. The van der Waals surface area contributed by atoms with Crippen molar-refractivity contribution in [1.82, 2.24) is 4.90 Å². The average molecular weight is 326 g/mol. The molecule has 1 saturated heterocycles. The van der Waals surface area contributed by atoms with Crippen molar-refractivity contribution >= 4 is 15.9 Å². The summed E-state index contributed by atoms with van der Waals surface area (Å²) in [5.74, 6) is -0.166. The summed E-state index contributed by atoms with van der Waals surface area (Å²) in [6.07, 6.45) is 8.42. The number of rotatable bonds is 2. The number of hydrogen-bond donors (Lipinski definition) is 0. The van der Waals surface area contributed by atoms with Crippen LogP contribution in [0, 0.1) is 11.2 Å². The van der Waals surface area contributed by atoms with Gasteiger partial charge in [0.1, 0.15) is 5.82 Å². The van der Waals surface area contributed by atoms with Gasteiger partial charge in [0.2, 0.25) is 0 Å². The van der Waals surface area contributed by atoms with Gasteiger partial charge >= 0.3 is 0 Å². The molecule has 0 atom stereocenters. The van der Waals surface area contributed by atoms with Crippen LogP contribution in [-0.2, 0) is 6.54 Å². The lowest BCUT2D eigenvalue weighted by atomic mass is 9.73. The van der Waals surface area contributed by atoms with Crippen molar-refractivity contribution in [1.29, 1.82) is 0 Å². The first-order chi connectivity index (χ1) is 9.17. The topological polar surface area (TPSA) is 3.24 Å². The lowest BCUT2D eigenvalue weighted by molar-refractivity contribution is 0.183. The minimum absolute atomic E-state index is 0.166. The van der Waals surface area contributed by atoms with Crippen LogP contribution in [0.25, 0.3) is 0 Å². The molecule has 1 aliphatic heterocycles. The number of hydrogen-bond acceptors (Lipinski definition) is 1. The Balaban J connectivity index is 1.65. The second-order valence-electron chi connectivity index (χ2n) is 6.26. The smallest absolute Gasteiger partial charge is 0.124 e. The molecule has 1 aliphatic carbocycles. The van der Waals surface area contributed by atoms with Crippen LogP contribution in [0.4, 0.5) is 4.39 Å². The third-order valence-electron chi connectivity index (χ3n) is 4.84. The van der Waals surface area contributed by atoms with Crippen LogP contribution in [0.3, 0.4) is 0 Å². The summed E-state index contributed by atoms with van der Waals surface area (Å²) in [5, 5.41) is 0. The number of nitrogens with zero attached hydrogens (tertiary/aromatic N) is 1. The highest BCUT2D eigenvalue weighted by molar-refractivity contribution is 9.10. The molecule has 0 N–H and O–H groups in total. The molecule has 19 heavy (non-hydrogen) atoms. The van der Waals surface area contributed by atoms with Gasteiger partial charge in [0.25, 0.3) is 0 Å². The van der Waals surface area contributed by atoms with Gasteiger partial charge in [-0.15, -0.1) is 0 Å². The van der Waals surface area contributed by atoms with Crippen molar-refractivity contribution in [3.05, 3.63) is 34.1 Å². The molecule has 2 aliphatic rings. The quantitative estimate of drug-likeness (QED) is 0.758. The Morgan fingerprint density at radius 2 is 1.95 bits per heavy atom. The third kappa shape index (κ3) is 3.03. The van der Waals surface area contributed by atoms with Gasteiger partial charge in [-0.25, -0.2) is 4.39 Å². The fourth-order valence-electron chi connectivity index (χ4n) is 3.76. The Hall–Kier alpha value is -0.410. The Morgan fingerprint density at radius 1 is 1.16 bits per heavy atom. The molecule has 3 rings (SSSR count).